The van der Waals surface area contributed by atoms with E-state index in [1.165, 1.54) is 12.8 Å². The van der Waals surface area contributed by atoms with E-state index in [0.29, 0.717) is 0 Å². The zero-order chi connectivity index (χ0) is 6.93. The maximum atomic E-state index is 2.52. The average Bonchev–Trinajstić information content (AvgIpc) is 1.79. The minimum absolute atomic E-state index is 0.717. The molecule has 0 radical (unpaired) electrons. The zero-order valence-electron chi connectivity index (χ0n) is 6.59. The van der Waals surface area contributed by atoms with E-state index in [1.54, 1.807) is 5.57 Å². The number of piperidine rings is 1. The minimum Gasteiger partial charge on any atom is -0.295 e. The molecule has 0 N–H and O–H groups in total. The number of likely N-dealkylation sites (N-methyl/N-ethyl adjacent to an activating group) is 1. The van der Waals surface area contributed by atoms with E-state index in [4.69, 9.17) is 0 Å². The van der Waals surface area contributed by atoms with Gasteiger partial charge in [-0.1, -0.05) is 11.6 Å². The van der Waals surface area contributed by atoms with Gasteiger partial charge in [0.05, 0.1) is 0 Å². The number of hydrogen-bond acceptors (Lipinski definition) is 1. The summed E-state index contributed by atoms with van der Waals surface area (Å²) in [5.41, 5.74) is 2.39. The van der Waals surface area contributed by atoms with E-state index < -0.39 is 0 Å². The van der Waals surface area contributed by atoms with Crippen LogP contribution in [-0.2, 0) is 0 Å². The molecule has 1 saturated heterocycles. The molecule has 0 bridgehead atoms. The molecule has 3 rings (SSSR count). The Morgan fingerprint density at radius 3 is 2.80 bits per heavy atom. The smallest absolute Gasteiger partial charge is 0.0389 e. The Bertz CT molecular complexity index is 231. The van der Waals surface area contributed by atoms with Crippen LogP contribution in [0.1, 0.15) is 19.8 Å². The second-order valence-electron chi connectivity index (χ2n) is 4.05. The maximum absolute atomic E-state index is 2.52. The zero-order valence-corrected chi connectivity index (χ0v) is 6.59. The first-order chi connectivity index (χ1) is 4.77. The molecule has 1 spiro atoms. The van der Waals surface area contributed by atoms with Gasteiger partial charge in [-0.05, 0) is 26.8 Å². The fraction of sp³-hybridized carbons (Fsp3) is 0.778. The Kier molecular flexibility index (Phi) is 0.646. The first-order valence-corrected chi connectivity index (χ1v) is 4.17. The summed E-state index contributed by atoms with van der Waals surface area (Å²) in [6, 6.07) is 1.77. The van der Waals surface area contributed by atoms with Crippen LogP contribution in [0, 0.1) is 5.41 Å². The minimum atomic E-state index is 0.717. The number of rotatable bonds is 0. The van der Waals surface area contributed by atoms with Gasteiger partial charge in [0.15, 0.2) is 0 Å². The van der Waals surface area contributed by atoms with Gasteiger partial charge in [-0.3, -0.25) is 4.90 Å². The van der Waals surface area contributed by atoms with Crippen molar-refractivity contribution in [1.82, 2.24) is 4.90 Å². The summed E-state index contributed by atoms with van der Waals surface area (Å²) < 4.78 is 0. The van der Waals surface area contributed by atoms with Crippen molar-refractivity contribution in [2.24, 2.45) is 5.41 Å². The van der Waals surface area contributed by atoms with Crippen LogP contribution >= 0.6 is 0 Å². The van der Waals surface area contributed by atoms with Gasteiger partial charge in [0.2, 0.25) is 0 Å². The molecule has 3 unspecified atom stereocenters. The van der Waals surface area contributed by atoms with Gasteiger partial charge in [0, 0.05) is 17.5 Å². The van der Waals surface area contributed by atoms with Crippen LogP contribution in [0.3, 0.4) is 0 Å². The Balaban J connectivity index is 2.03. The van der Waals surface area contributed by atoms with Crippen molar-refractivity contribution in [2.75, 3.05) is 7.05 Å². The van der Waals surface area contributed by atoms with Crippen LogP contribution in [0.4, 0.5) is 0 Å². The second kappa shape index (κ2) is 1.20. The van der Waals surface area contributed by atoms with Crippen molar-refractivity contribution in [3.8, 4) is 0 Å². The lowest BCUT2D eigenvalue weighted by atomic mass is 9.44. The monoisotopic (exact) mass is 135 g/mol. The van der Waals surface area contributed by atoms with Crippen molar-refractivity contribution in [3.63, 3.8) is 0 Å². The largest absolute Gasteiger partial charge is 0.295 e. The summed E-state index contributed by atoms with van der Waals surface area (Å²) >= 11 is 0. The maximum Gasteiger partial charge on any atom is 0.0389 e. The molecule has 0 aromatic carbocycles. The average molecular weight is 135 g/mol. The predicted molar refractivity (Wildman–Crippen MR) is 40.8 cm³/mol. The van der Waals surface area contributed by atoms with E-state index >= 15 is 0 Å². The van der Waals surface area contributed by atoms with Gasteiger partial charge in [0.1, 0.15) is 0 Å². The Hall–Kier alpha value is -0.300. The number of likely N-dealkylation sites (tertiary alicyclic amines) is 1. The molecule has 1 aliphatic heterocycles. The second-order valence-corrected chi connectivity index (χ2v) is 4.05. The summed E-state index contributed by atoms with van der Waals surface area (Å²) in [6.07, 6.45) is 5.34. The van der Waals surface area contributed by atoms with Gasteiger partial charge in [-0.25, -0.2) is 0 Å². The van der Waals surface area contributed by atoms with Crippen molar-refractivity contribution in [1.29, 1.82) is 0 Å². The van der Waals surface area contributed by atoms with Crippen LogP contribution in [0.2, 0.25) is 0 Å². The molecule has 3 atom stereocenters. The van der Waals surface area contributed by atoms with Gasteiger partial charge < -0.3 is 0 Å². The third kappa shape index (κ3) is 0.271. The highest BCUT2D eigenvalue weighted by Gasteiger charge is 2.68. The van der Waals surface area contributed by atoms with Gasteiger partial charge >= 0.3 is 0 Å². The SMILES string of the molecule is CC1=CC2N(C)C3CCC123. The highest BCUT2D eigenvalue weighted by atomic mass is 15.3. The lowest BCUT2D eigenvalue weighted by Crippen LogP contribution is -2.79. The van der Waals surface area contributed by atoms with Gasteiger partial charge in [0.25, 0.3) is 0 Å². The van der Waals surface area contributed by atoms with Crippen molar-refractivity contribution in [3.05, 3.63) is 11.6 Å². The van der Waals surface area contributed by atoms with Crippen LogP contribution < -0.4 is 0 Å². The topological polar surface area (TPSA) is 3.24 Å². The lowest BCUT2D eigenvalue weighted by molar-refractivity contribution is -0.168. The third-order valence-corrected chi connectivity index (χ3v) is 4.03. The van der Waals surface area contributed by atoms with E-state index in [0.717, 1.165) is 17.5 Å². The quantitative estimate of drug-likeness (QED) is 0.454. The molecule has 1 heteroatoms. The van der Waals surface area contributed by atoms with Crippen LogP contribution in [-0.4, -0.2) is 24.0 Å². The molecule has 1 heterocycles. The fourth-order valence-electron chi connectivity index (χ4n) is 3.23. The molecular formula is C9H13N. The molecule has 10 heavy (non-hydrogen) atoms. The first-order valence-electron chi connectivity index (χ1n) is 4.17. The molecule has 1 nitrogen and oxygen atoms in total. The fourth-order valence-corrected chi connectivity index (χ4v) is 3.23. The molecule has 0 amide bonds. The molecule has 2 aliphatic carbocycles. The Morgan fingerprint density at radius 2 is 2.50 bits per heavy atom. The van der Waals surface area contributed by atoms with Crippen molar-refractivity contribution in [2.45, 2.75) is 31.8 Å². The number of hydrogen-bond donors (Lipinski definition) is 0. The standard InChI is InChI=1S/C9H13N/c1-6-5-8-9(6)4-3-7(9)10(8)2/h5,7-8H,3-4H2,1-2H3. The molecular weight excluding hydrogens is 122 g/mol. The normalized spacial score (nSPS) is 56.8. The summed E-state index contributed by atoms with van der Waals surface area (Å²) in [5, 5.41) is 0. The summed E-state index contributed by atoms with van der Waals surface area (Å²) in [6.45, 7) is 2.30. The first kappa shape index (κ1) is 5.36. The third-order valence-electron chi connectivity index (χ3n) is 4.03. The van der Waals surface area contributed by atoms with Crippen LogP contribution in [0.5, 0.6) is 0 Å². The highest BCUT2D eigenvalue weighted by molar-refractivity contribution is 5.44. The molecule has 0 aromatic rings. The molecule has 54 valence electrons. The van der Waals surface area contributed by atoms with Gasteiger partial charge in [-0.2, -0.15) is 0 Å². The summed E-state index contributed by atoms with van der Waals surface area (Å²) in [7, 11) is 2.26. The summed E-state index contributed by atoms with van der Waals surface area (Å²) in [4.78, 5) is 2.52. The highest BCUT2D eigenvalue weighted by Crippen LogP contribution is 2.66. The van der Waals surface area contributed by atoms with Crippen LogP contribution in [0.25, 0.3) is 0 Å². The van der Waals surface area contributed by atoms with E-state index in [2.05, 4.69) is 24.9 Å². The Morgan fingerprint density at radius 1 is 1.70 bits per heavy atom. The van der Waals surface area contributed by atoms with E-state index in [9.17, 15) is 0 Å². The van der Waals surface area contributed by atoms with Gasteiger partial charge in [-0.15, -0.1) is 0 Å². The van der Waals surface area contributed by atoms with Crippen molar-refractivity contribution >= 4 is 0 Å². The molecule has 3 aliphatic rings. The van der Waals surface area contributed by atoms with Crippen LogP contribution in [0.15, 0.2) is 11.6 Å². The summed E-state index contributed by atoms with van der Waals surface area (Å²) in [5.74, 6) is 0. The van der Waals surface area contributed by atoms with E-state index in [1.807, 2.05) is 0 Å². The predicted octanol–water partition coefficient (Wildman–Crippen LogP) is 1.41. The molecule has 1 saturated carbocycles. The molecule has 0 aromatic heterocycles. The van der Waals surface area contributed by atoms with E-state index in [-0.39, 0.29) is 0 Å². The number of nitrogens with zero attached hydrogens (tertiary/aromatic N) is 1. The Labute approximate surface area is 61.7 Å². The molecule has 2 fully saturated rings. The lowest BCUT2D eigenvalue weighted by Gasteiger charge is -2.74. The van der Waals surface area contributed by atoms with Crippen molar-refractivity contribution < 1.29 is 0 Å².